The van der Waals surface area contributed by atoms with Crippen LogP contribution in [0, 0.1) is 0 Å². The fourth-order valence-electron chi connectivity index (χ4n) is 3.36. The van der Waals surface area contributed by atoms with Gasteiger partial charge in [-0.15, -0.1) is 23.5 Å². The summed E-state index contributed by atoms with van der Waals surface area (Å²) >= 11 is 4.48. The highest BCUT2D eigenvalue weighted by Crippen LogP contribution is 2.27. The zero-order chi connectivity index (χ0) is 26.6. The van der Waals surface area contributed by atoms with Crippen LogP contribution in [0.15, 0.2) is 124 Å². The highest BCUT2D eigenvalue weighted by Gasteiger charge is 2.24. The molecule has 0 radical (unpaired) electrons. The van der Waals surface area contributed by atoms with Gasteiger partial charge in [0.15, 0.2) is 0 Å². The maximum Gasteiger partial charge on any atom is 0.290 e. The Kier molecular flexibility index (Phi) is 10.4. The Morgan fingerprint density at radius 2 is 1.11 bits per heavy atom. The number of hydrogen-bond donors (Lipinski definition) is 1. The van der Waals surface area contributed by atoms with Crippen molar-refractivity contribution in [3.8, 4) is 0 Å². The lowest BCUT2D eigenvalue weighted by Crippen LogP contribution is -2.17. The Hall–Kier alpha value is -3.52. The zero-order valence-corrected chi connectivity index (χ0v) is 22.9. The number of imide groups is 1. The van der Waals surface area contributed by atoms with Crippen LogP contribution in [0.4, 0.5) is 4.79 Å². The summed E-state index contributed by atoms with van der Waals surface area (Å²) in [5, 5.41) is 1.94. The van der Waals surface area contributed by atoms with E-state index in [1.165, 1.54) is 20.9 Å². The summed E-state index contributed by atoms with van der Waals surface area (Å²) in [6.45, 7) is 0. The predicted octanol–water partition coefficient (Wildman–Crippen LogP) is 8.09. The summed E-state index contributed by atoms with van der Waals surface area (Å²) in [5.41, 5.74) is 4.24. The summed E-state index contributed by atoms with van der Waals surface area (Å²) in [6, 6.07) is 36.3. The van der Waals surface area contributed by atoms with Crippen molar-refractivity contribution in [1.82, 2.24) is 5.32 Å². The van der Waals surface area contributed by atoms with Crippen LogP contribution in [0.3, 0.4) is 0 Å². The summed E-state index contributed by atoms with van der Waals surface area (Å²) in [6.07, 6.45) is 2.60. The minimum absolute atomic E-state index is 0.314. The topological polar surface area (TPSA) is 63.2 Å². The van der Waals surface area contributed by atoms with Gasteiger partial charge in [-0.3, -0.25) is 19.7 Å². The molecule has 1 fully saturated rings. The molecule has 1 aliphatic rings. The molecule has 1 saturated heterocycles. The molecule has 0 bridgehead atoms. The van der Waals surface area contributed by atoms with E-state index in [9.17, 15) is 14.4 Å². The number of thioether (sulfide) groups is 3. The molecule has 5 rings (SSSR count). The van der Waals surface area contributed by atoms with Gasteiger partial charge in [0, 0.05) is 26.9 Å². The number of carbonyl (C=O) groups excluding carboxylic acids is 3. The van der Waals surface area contributed by atoms with E-state index >= 15 is 0 Å². The first-order chi connectivity index (χ1) is 18.6. The lowest BCUT2D eigenvalue weighted by atomic mass is 10.2. The lowest BCUT2D eigenvalue weighted by Gasteiger charge is -2.03. The number of rotatable bonds is 8. The van der Waals surface area contributed by atoms with Crippen molar-refractivity contribution in [2.24, 2.45) is 0 Å². The smallest absolute Gasteiger partial charge is 0.290 e. The second-order valence-corrected chi connectivity index (χ2v) is 11.3. The first kappa shape index (κ1) is 27.5. The molecule has 1 N–H and O–H groups in total. The molecule has 1 heterocycles. The van der Waals surface area contributed by atoms with Gasteiger partial charge in [0.25, 0.3) is 11.1 Å². The molecule has 4 nitrogen and oxygen atoms in total. The van der Waals surface area contributed by atoms with Crippen LogP contribution >= 0.6 is 35.3 Å². The molecular weight excluding hydrogens is 531 g/mol. The van der Waals surface area contributed by atoms with Crippen LogP contribution in [0.2, 0.25) is 0 Å². The third kappa shape index (κ3) is 8.80. The molecule has 0 aromatic heterocycles. The normalized spacial score (nSPS) is 13.5. The Morgan fingerprint density at radius 1 is 0.632 bits per heavy atom. The quantitative estimate of drug-likeness (QED) is 0.135. The monoisotopic (exact) mass is 555 g/mol. The highest BCUT2D eigenvalue weighted by molar-refractivity contribution is 8.18. The minimum atomic E-state index is -0.322. The molecule has 0 unspecified atom stereocenters. The van der Waals surface area contributed by atoms with Crippen molar-refractivity contribution in [2.75, 3.05) is 0 Å². The first-order valence-corrected chi connectivity index (χ1v) is 14.6. The van der Waals surface area contributed by atoms with Gasteiger partial charge >= 0.3 is 0 Å². The molecule has 0 atom stereocenters. The van der Waals surface area contributed by atoms with Crippen LogP contribution in [0.25, 0.3) is 6.08 Å². The van der Waals surface area contributed by atoms with Crippen molar-refractivity contribution >= 4 is 58.8 Å². The molecule has 0 aliphatic carbocycles. The molecule has 0 spiro atoms. The van der Waals surface area contributed by atoms with E-state index in [4.69, 9.17) is 0 Å². The molecule has 0 saturated carbocycles. The summed E-state index contributed by atoms with van der Waals surface area (Å²) in [7, 11) is 0. The summed E-state index contributed by atoms with van der Waals surface area (Å²) in [5.74, 6) is 1.56. The number of hydrogen-bond acceptors (Lipinski definition) is 6. The summed E-state index contributed by atoms with van der Waals surface area (Å²) in [4.78, 5) is 35.9. The van der Waals surface area contributed by atoms with Crippen molar-refractivity contribution in [3.05, 3.63) is 136 Å². The average molecular weight is 556 g/mol. The van der Waals surface area contributed by atoms with Crippen molar-refractivity contribution in [3.63, 3.8) is 0 Å². The minimum Gasteiger partial charge on any atom is -0.298 e. The molecular formula is C31H25NO3S3. The molecule has 2 amide bonds. The van der Waals surface area contributed by atoms with E-state index in [0.717, 1.165) is 40.7 Å². The summed E-state index contributed by atoms with van der Waals surface area (Å²) < 4.78 is 0. The van der Waals surface area contributed by atoms with Gasteiger partial charge in [-0.25, -0.2) is 0 Å². The number of carbonyl (C=O) groups is 3. The molecule has 190 valence electrons. The van der Waals surface area contributed by atoms with Gasteiger partial charge in [0.05, 0.1) is 4.91 Å². The molecule has 4 aromatic rings. The SMILES string of the molecule is O=C1NC(=O)C(=Cc2ccc(SCc3ccccc3)cc2)S1.O=Cc1ccc(SCc2ccccc2)cc1. The van der Waals surface area contributed by atoms with E-state index in [2.05, 4.69) is 29.6 Å². The number of benzene rings is 4. The van der Waals surface area contributed by atoms with Crippen molar-refractivity contribution < 1.29 is 14.4 Å². The molecule has 38 heavy (non-hydrogen) atoms. The Morgan fingerprint density at radius 3 is 1.53 bits per heavy atom. The maximum atomic E-state index is 11.5. The van der Waals surface area contributed by atoms with Gasteiger partial charge in [-0.1, -0.05) is 84.9 Å². The first-order valence-electron chi connectivity index (χ1n) is 11.8. The second-order valence-electron chi connectivity index (χ2n) is 8.16. The number of amides is 2. The fourth-order valence-corrected chi connectivity index (χ4v) is 5.75. The van der Waals surface area contributed by atoms with Crippen LogP contribution in [-0.2, 0) is 16.3 Å². The molecule has 4 aromatic carbocycles. The lowest BCUT2D eigenvalue weighted by molar-refractivity contribution is -0.115. The van der Waals surface area contributed by atoms with Crippen LogP contribution < -0.4 is 5.32 Å². The second kappa shape index (κ2) is 14.4. The van der Waals surface area contributed by atoms with Crippen LogP contribution in [0.5, 0.6) is 0 Å². The third-order valence-corrected chi connectivity index (χ3v) is 8.31. The van der Waals surface area contributed by atoms with Gasteiger partial charge in [0.2, 0.25) is 0 Å². The van der Waals surface area contributed by atoms with E-state index in [1.807, 2.05) is 84.9 Å². The zero-order valence-electron chi connectivity index (χ0n) is 20.4. The van der Waals surface area contributed by atoms with Gasteiger partial charge in [-0.05, 0) is 58.8 Å². The average Bonchev–Trinajstić information content (AvgIpc) is 3.29. The molecule has 1 aliphatic heterocycles. The van der Waals surface area contributed by atoms with Gasteiger partial charge < -0.3 is 0 Å². The molecule has 7 heteroatoms. The Labute approximate surface area is 235 Å². The largest absolute Gasteiger partial charge is 0.298 e. The van der Waals surface area contributed by atoms with E-state index in [0.29, 0.717) is 4.91 Å². The van der Waals surface area contributed by atoms with Gasteiger partial charge in [-0.2, -0.15) is 0 Å². The third-order valence-electron chi connectivity index (χ3n) is 5.33. The van der Waals surface area contributed by atoms with Crippen LogP contribution in [-0.4, -0.2) is 17.4 Å². The van der Waals surface area contributed by atoms with E-state index < -0.39 is 0 Å². The van der Waals surface area contributed by atoms with Crippen LogP contribution in [0.1, 0.15) is 27.0 Å². The number of aldehydes is 1. The maximum absolute atomic E-state index is 11.5. The van der Waals surface area contributed by atoms with Crippen molar-refractivity contribution in [1.29, 1.82) is 0 Å². The fraction of sp³-hybridized carbons (Fsp3) is 0.0645. The van der Waals surface area contributed by atoms with Crippen molar-refractivity contribution in [2.45, 2.75) is 21.3 Å². The predicted molar refractivity (Wildman–Crippen MR) is 159 cm³/mol. The number of nitrogens with one attached hydrogen (secondary N) is 1. The van der Waals surface area contributed by atoms with E-state index in [-0.39, 0.29) is 11.1 Å². The standard InChI is InChI=1S/C17H13NO2S2.C14H12OS/c19-16-15(22-17(20)18-16)10-12-6-8-14(9-7-12)21-11-13-4-2-1-3-5-13;15-10-12-6-8-14(9-7-12)16-11-13-4-2-1-3-5-13/h1-10H,11H2,(H,18,19,20);1-10H,11H2. The van der Waals surface area contributed by atoms with E-state index in [1.54, 1.807) is 29.6 Å². The highest BCUT2D eigenvalue weighted by atomic mass is 32.2. The van der Waals surface area contributed by atoms with Gasteiger partial charge in [0.1, 0.15) is 6.29 Å². The Bertz CT molecular complexity index is 1390. The Balaban J connectivity index is 0.000000186.